The highest BCUT2D eigenvalue weighted by Crippen LogP contribution is 2.38. The van der Waals surface area contributed by atoms with E-state index in [2.05, 4.69) is 10.6 Å². The van der Waals surface area contributed by atoms with Crippen molar-refractivity contribution < 1.29 is 23.9 Å². The van der Waals surface area contributed by atoms with Crippen LogP contribution in [0.25, 0.3) is 0 Å². The van der Waals surface area contributed by atoms with E-state index in [0.717, 1.165) is 37.0 Å². The number of imide groups is 1. The van der Waals surface area contributed by atoms with Gasteiger partial charge >= 0.3 is 12.0 Å². The predicted octanol–water partition coefficient (Wildman–Crippen LogP) is 0.947. The van der Waals surface area contributed by atoms with Crippen molar-refractivity contribution in [2.45, 2.75) is 57.9 Å². The zero-order valence-corrected chi connectivity index (χ0v) is 14.9. The van der Waals surface area contributed by atoms with Crippen molar-refractivity contribution in [3.05, 3.63) is 0 Å². The van der Waals surface area contributed by atoms with Gasteiger partial charge in [0.05, 0.1) is 0 Å². The van der Waals surface area contributed by atoms with Crippen LogP contribution in [-0.4, -0.2) is 54.0 Å². The van der Waals surface area contributed by atoms with Gasteiger partial charge in [0.15, 0.2) is 6.61 Å². The fourth-order valence-corrected chi connectivity index (χ4v) is 3.42. The molecule has 8 heteroatoms. The van der Waals surface area contributed by atoms with Crippen molar-refractivity contribution in [3.63, 3.8) is 0 Å². The Hall–Kier alpha value is -2.12. The summed E-state index contributed by atoms with van der Waals surface area (Å²) < 4.78 is 4.87. The summed E-state index contributed by atoms with van der Waals surface area (Å²) in [5.41, 5.74) is -0.896. The molecular formula is C17H27N3O5. The monoisotopic (exact) mass is 353 g/mol. The molecule has 2 N–H and O–H groups in total. The van der Waals surface area contributed by atoms with Crippen LogP contribution >= 0.6 is 0 Å². The molecule has 0 radical (unpaired) electrons. The number of nitrogens with one attached hydrogen (secondary N) is 2. The van der Waals surface area contributed by atoms with Crippen molar-refractivity contribution in [2.24, 2.45) is 5.92 Å². The van der Waals surface area contributed by atoms with Crippen LogP contribution in [0.3, 0.4) is 0 Å². The number of rotatable bonds is 7. The maximum absolute atomic E-state index is 12.7. The molecule has 1 heterocycles. The number of amides is 4. The van der Waals surface area contributed by atoms with E-state index >= 15 is 0 Å². The molecule has 0 aromatic rings. The highest BCUT2D eigenvalue weighted by atomic mass is 16.5. The second-order valence-electron chi connectivity index (χ2n) is 6.80. The number of hydrogen-bond acceptors (Lipinski definition) is 5. The SMILES string of the molecule is CCCCNC(=O)COC(=O)CN1C(=O)N[C@@]2(CCCC[C@@H]2C)C1=O. The maximum Gasteiger partial charge on any atom is 0.326 e. The topological polar surface area (TPSA) is 105 Å². The van der Waals surface area contributed by atoms with Crippen molar-refractivity contribution >= 4 is 23.8 Å². The standard InChI is InChI=1S/C17H27N3O5/c1-3-4-9-18-13(21)11-25-14(22)10-20-15(23)17(19-16(20)24)8-6-5-7-12(17)2/h12H,3-11H2,1-2H3,(H,18,21)(H,19,24)/t12-,17+/m0/s1. The lowest BCUT2D eigenvalue weighted by molar-refractivity contribution is -0.151. The van der Waals surface area contributed by atoms with Crippen molar-refractivity contribution in [3.8, 4) is 0 Å². The highest BCUT2D eigenvalue weighted by molar-refractivity contribution is 6.09. The van der Waals surface area contributed by atoms with E-state index in [9.17, 15) is 19.2 Å². The average Bonchev–Trinajstić information content (AvgIpc) is 2.81. The van der Waals surface area contributed by atoms with Crippen LogP contribution in [0.5, 0.6) is 0 Å². The molecule has 1 aliphatic heterocycles. The molecule has 2 aliphatic rings. The minimum absolute atomic E-state index is 0.0306. The van der Waals surface area contributed by atoms with Crippen LogP contribution in [-0.2, 0) is 19.1 Å². The molecule has 1 aliphatic carbocycles. The third kappa shape index (κ3) is 4.29. The van der Waals surface area contributed by atoms with Gasteiger partial charge in [-0.15, -0.1) is 0 Å². The molecule has 0 aromatic carbocycles. The number of carbonyl (C=O) groups excluding carboxylic acids is 4. The summed E-state index contributed by atoms with van der Waals surface area (Å²) >= 11 is 0. The van der Waals surface area contributed by atoms with Crippen molar-refractivity contribution in [1.29, 1.82) is 0 Å². The van der Waals surface area contributed by atoms with Crippen LogP contribution < -0.4 is 10.6 Å². The number of carbonyl (C=O) groups is 4. The van der Waals surface area contributed by atoms with Crippen LogP contribution in [0.15, 0.2) is 0 Å². The summed E-state index contributed by atoms with van der Waals surface area (Å²) in [6, 6.07) is -0.567. The van der Waals surface area contributed by atoms with E-state index in [1.165, 1.54) is 0 Å². The van der Waals surface area contributed by atoms with Gasteiger partial charge in [-0.3, -0.25) is 19.3 Å². The third-order valence-corrected chi connectivity index (χ3v) is 5.01. The molecule has 0 unspecified atom stereocenters. The molecule has 1 spiro atoms. The largest absolute Gasteiger partial charge is 0.454 e. The molecule has 0 bridgehead atoms. The Bertz CT molecular complexity index is 550. The lowest BCUT2D eigenvalue weighted by Gasteiger charge is -2.36. The number of unbranched alkanes of at least 4 members (excludes halogenated alkanes) is 1. The first-order valence-electron chi connectivity index (χ1n) is 8.97. The highest BCUT2D eigenvalue weighted by Gasteiger charge is 2.55. The fourth-order valence-electron chi connectivity index (χ4n) is 3.42. The number of nitrogens with zero attached hydrogens (tertiary/aromatic N) is 1. The summed E-state index contributed by atoms with van der Waals surface area (Å²) in [5.74, 6) is -1.50. The van der Waals surface area contributed by atoms with E-state index in [1.807, 2.05) is 13.8 Å². The summed E-state index contributed by atoms with van der Waals surface area (Å²) in [6.45, 7) is 3.60. The quantitative estimate of drug-likeness (QED) is 0.403. The third-order valence-electron chi connectivity index (χ3n) is 5.01. The first kappa shape index (κ1) is 19.2. The Morgan fingerprint density at radius 1 is 1.36 bits per heavy atom. The Balaban J connectivity index is 1.85. The molecule has 2 atom stereocenters. The first-order valence-corrected chi connectivity index (χ1v) is 8.97. The van der Waals surface area contributed by atoms with Gasteiger partial charge in [-0.25, -0.2) is 4.79 Å². The van der Waals surface area contributed by atoms with Crippen LogP contribution in [0.2, 0.25) is 0 Å². The molecule has 0 aromatic heterocycles. The lowest BCUT2D eigenvalue weighted by atomic mass is 9.73. The van der Waals surface area contributed by atoms with Crippen LogP contribution in [0.4, 0.5) is 4.79 Å². The molecule has 140 valence electrons. The Morgan fingerprint density at radius 2 is 2.12 bits per heavy atom. The second-order valence-corrected chi connectivity index (χ2v) is 6.80. The lowest BCUT2D eigenvalue weighted by Crippen LogP contribution is -2.54. The van der Waals surface area contributed by atoms with Gasteiger partial charge in [0.25, 0.3) is 11.8 Å². The normalized spacial score (nSPS) is 25.8. The van der Waals surface area contributed by atoms with Crippen molar-refractivity contribution in [1.82, 2.24) is 15.5 Å². The molecular weight excluding hydrogens is 326 g/mol. The molecule has 2 rings (SSSR count). The molecule has 2 fully saturated rings. The minimum Gasteiger partial charge on any atom is -0.454 e. The zero-order chi connectivity index (χ0) is 18.4. The van der Waals surface area contributed by atoms with Gasteiger partial charge in [-0.2, -0.15) is 0 Å². The van der Waals surface area contributed by atoms with Gasteiger partial charge < -0.3 is 15.4 Å². The number of esters is 1. The second kappa shape index (κ2) is 8.31. The average molecular weight is 353 g/mol. The van der Waals surface area contributed by atoms with E-state index in [0.29, 0.717) is 13.0 Å². The first-order chi connectivity index (χ1) is 11.9. The molecule has 4 amide bonds. The van der Waals surface area contributed by atoms with Crippen LogP contribution in [0.1, 0.15) is 52.4 Å². The van der Waals surface area contributed by atoms with E-state index < -0.39 is 36.6 Å². The molecule has 1 saturated carbocycles. The smallest absolute Gasteiger partial charge is 0.326 e. The summed E-state index contributed by atoms with van der Waals surface area (Å²) in [7, 11) is 0. The summed E-state index contributed by atoms with van der Waals surface area (Å²) in [5, 5.41) is 5.40. The van der Waals surface area contributed by atoms with Crippen molar-refractivity contribution in [2.75, 3.05) is 19.7 Å². The van der Waals surface area contributed by atoms with Gasteiger partial charge in [-0.1, -0.05) is 33.1 Å². The summed E-state index contributed by atoms with van der Waals surface area (Å²) in [6.07, 6.45) is 5.15. The Labute approximate surface area is 147 Å². The van der Waals surface area contributed by atoms with Gasteiger partial charge in [0.2, 0.25) is 0 Å². The minimum atomic E-state index is -0.896. The number of hydrogen-bond donors (Lipinski definition) is 2. The van der Waals surface area contributed by atoms with Gasteiger partial charge in [0.1, 0.15) is 12.1 Å². The predicted molar refractivity (Wildman–Crippen MR) is 89.5 cm³/mol. The zero-order valence-electron chi connectivity index (χ0n) is 14.9. The van der Waals surface area contributed by atoms with E-state index in [1.54, 1.807) is 0 Å². The Morgan fingerprint density at radius 3 is 2.80 bits per heavy atom. The number of ether oxygens (including phenoxy) is 1. The molecule has 25 heavy (non-hydrogen) atoms. The Kier molecular flexibility index (Phi) is 6.39. The van der Waals surface area contributed by atoms with E-state index in [-0.39, 0.29) is 11.8 Å². The maximum atomic E-state index is 12.7. The fraction of sp³-hybridized carbons (Fsp3) is 0.765. The van der Waals surface area contributed by atoms with Gasteiger partial charge in [0, 0.05) is 6.54 Å². The van der Waals surface area contributed by atoms with E-state index in [4.69, 9.17) is 4.74 Å². The number of urea groups is 1. The molecule has 1 saturated heterocycles. The molecule has 8 nitrogen and oxygen atoms in total. The van der Waals surface area contributed by atoms with Gasteiger partial charge in [-0.05, 0) is 25.2 Å². The van der Waals surface area contributed by atoms with Crippen LogP contribution in [0, 0.1) is 5.92 Å². The summed E-state index contributed by atoms with van der Waals surface area (Å²) in [4.78, 5) is 49.2.